The van der Waals surface area contributed by atoms with E-state index in [2.05, 4.69) is 20.8 Å². The normalized spacial score (nSPS) is 11.0. The number of hydrogen-bond acceptors (Lipinski definition) is 5. The molecule has 6 nitrogen and oxygen atoms in total. The topological polar surface area (TPSA) is 89.8 Å². The van der Waals surface area contributed by atoms with E-state index in [4.69, 9.17) is 12.2 Å². The summed E-state index contributed by atoms with van der Waals surface area (Å²) in [7, 11) is 0. The first kappa shape index (κ1) is 17.4. The van der Waals surface area contributed by atoms with E-state index < -0.39 is 0 Å². The van der Waals surface area contributed by atoms with Crippen LogP contribution in [0.4, 0.5) is 5.69 Å². The number of amidine groups is 1. The molecule has 7 heteroatoms. The number of phenolic OH excluding ortho intramolecular Hbond substituents is 2. The third-order valence-corrected chi connectivity index (χ3v) is 3.75. The summed E-state index contributed by atoms with van der Waals surface area (Å²) in [5.41, 5.74) is 7.55. The van der Waals surface area contributed by atoms with Gasteiger partial charge in [0.15, 0.2) is 5.84 Å². The monoisotopic (exact) mass is 364 g/mol. The Balaban J connectivity index is 1.82. The lowest BCUT2D eigenvalue weighted by Gasteiger charge is -2.14. The minimum Gasteiger partial charge on any atom is -0.508 e. The first-order chi connectivity index (χ1) is 12.6. The number of para-hydroxylation sites is 1. The molecule has 3 rings (SSSR count). The fraction of sp³-hybridized carbons (Fsp3) is 0. The highest BCUT2D eigenvalue weighted by Crippen LogP contribution is 2.22. The summed E-state index contributed by atoms with van der Waals surface area (Å²) in [4.78, 5) is 9.09. The van der Waals surface area contributed by atoms with E-state index in [0.717, 1.165) is 5.69 Å². The summed E-state index contributed by atoms with van der Waals surface area (Å²) in [6.07, 6.45) is 1.67. The van der Waals surface area contributed by atoms with Crippen molar-refractivity contribution in [2.45, 2.75) is 0 Å². The van der Waals surface area contributed by atoms with Crippen LogP contribution in [0.15, 0.2) is 77.9 Å². The van der Waals surface area contributed by atoms with Crippen molar-refractivity contribution in [3.8, 4) is 11.5 Å². The van der Waals surface area contributed by atoms with E-state index in [9.17, 15) is 10.2 Å². The predicted molar refractivity (Wildman–Crippen MR) is 105 cm³/mol. The van der Waals surface area contributed by atoms with Crippen LogP contribution in [-0.2, 0) is 0 Å². The van der Waals surface area contributed by atoms with Crippen molar-refractivity contribution in [1.29, 1.82) is 0 Å². The molecular weight excluding hydrogens is 348 g/mol. The minimum atomic E-state index is -0.122. The van der Waals surface area contributed by atoms with Gasteiger partial charge in [0.25, 0.3) is 0 Å². The number of aromatic hydroxyl groups is 2. The number of benzene rings is 2. The number of nitrogens with zero attached hydrogens (tertiary/aromatic N) is 2. The molecule has 26 heavy (non-hydrogen) atoms. The highest BCUT2D eigenvalue weighted by molar-refractivity contribution is 7.80. The SMILES string of the molecule is Oc1ccc(C(=S)NNC(=Nc2ccccc2)c2ccccn2)c(O)c1. The maximum Gasteiger partial charge on any atom is 0.171 e. The average molecular weight is 364 g/mol. The van der Waals surface area contributed by atoms with Gasteiger partial charge in [-0.05, 0) is 36.4 Å². The van der Waals surface area contributed by atoms with Gasteiger partial charge < -0.3 is 10.2 Å². The standard InChI is InChI=1S/C19H16N4O2S/c24-14-9-10-15(17(25)12-14)19(26)23-22-18(16-8-4-5-11-20-16)21-13-6-2-1-3-7-13/h1-12,24-25H,(H,21,22)(H,23,26). The minimum absolute atomic E-state index is 0.0400. The Bertz CT molecular complexity index is 931. The lowest BCUT2D eigenvalue weighted by molar-refractivity contribution is 0.449. The third kappa shape index (κ3) is 4.34. The average Bonchev–Trinajstić information content (AvgIpc) is 2.66. The van der Waals surface area contributed by atoms with E-state index in [1.165, 1.54) is 18.2 Å². The molecule has 0 atom stereocenters. The molecule has 2 aromatic carbocycles. The van der Waals surface area contributed by atoms with Gasteiger partial charge >= 0.3 is 0 Å². The number of aliphatic imine (C=N–C) groups is 1. The van der Waals surface area contributed by atoms with E-state index in [-0.39, 0.29) is 16.5 Å². The van der Waals surface area contributed by atoms with E-state index in [0.29, 0.717) is 17.1 Å². The zero-order valence-corrected chi connectivity index (χ0v) is 14.4. The van der Waals surface area contributed by atoms with Crippen LogP contribution in [-0.4, -0.2) is 26.0 Å². The van der Waals surface area contributed by atoms with Crippen molar-refractivity contribution < 1.29 is 10.2 Å². The molecule has 0 saturated carbocycles. The highest BCUT2D eigenvalue weighted by Gasteiger charge is 2.10. The van der Waals surface area contributed by atoms with Crippen LogP contribution in [0, 0.1) is 0 Å². The number of pyridine rings is 1. The van der Waals surface area contributed by atoms with Gasteiger partial charge in [0, 0.05) is 12.3 Å². The molecule has 0 aliphatic rings. The van der Waals surface area contributed by atoms with Crippen molar-refractivity contribution in [3.63, 3.8) is 0 Å². The smallest absolute Gasteiger partial charge is 0.171 e. The predicted octanol–water partition coefficient (Wildman–Crippen LogP) is 3.04. The lowest BCUT2D eigenvalue weighted by atomic mass is 10.2. The number of aromatic nitrogens is 1. The fourth-order valence-corrected chi connectivity index (χ4v) is 2.40. The number of phenols is 2. The van der Waals surface area contributed by atoms with Crippen molar-refractivity contribution in [2.75, 3.05) is 0 Å². The molecule has 0 aliphatic carbocycles. The molecule has 1 heterocycles. The molecule has 3 aromatic rings. The molecule has 0 bridgehead atoms. The van der Waals surface area contributed by atoms with Crippen LogP contribution in [0.5, 0.6) is 11.5 Å². The van der Waals surface area contributed by atoms with Gasteiger partial charge in [-0.15, -0.1) is 0 Å². The molecule has 0 fully saturated rings. The second-order valence-electron chi connectivity index (χ2n) is 5.29. The fourth-order valence-electron chi connectivity index (χ4n) is 2.18. The summed E-state index contributed by atoms with van der Waals surface area (Å²) in [6.45, 7) is 0. The Hall–Kier alpha value is -3.45. The summed E-state index contributed by atoms with van der Waals surface area (Å²) < 4.78 is 0. The van der Waals surface area contributed by atoms with E-state index in [1.807, 2.05) is 48.5 Å². The van der Waals surface area contributed by atoms with Crippen LogP contribution in [0.3, 0.4) is 0 Å². The van der Waals surface area contributed by atoms with E-state index in [1.54, 1.807) is 6.20 Å². The molecule has 4 N–H and O–H groups in total. The molecule has 0 unspecified atom stereocenters. The largest absolute Gasteiger partial charge is 0.508 e. The zero-order chi connectivity index (χ0) is 18.4. The van der Waals surface area contributed by atoms with Gasteiger partial charge in [-0.25, -0.2) is 4.99 Å². The number of hydrazine groups is 1. The van der Waals surface area contributed by atoms with Gasteiger partial charge in [-0.2, -0.15) is 0 Å². The molecule has 0 radical (unpaired) electrons. The Morgan fingerprint density at radius 3 is 2.38 bits per heavy atom. The Kier molecular flexibility index (Phi) is 5.40. The Morgan fingerprint density at radius 2 is 1.69 bits per heavy atom. The third-order valence-electron chi connectivity index (χ3n) is 3.42. The molecule has 130 valence electrons. The van der Waals surface area contributed by atoms with Crippen molar-refractivity contribution >= 4 is 28.7 Å². The summed E-state index contributed by atoms with van der Waals surface area (Å²) in [6, 6.07) is 19.1. The van der Waals surface area contributed by atoms with Gasteiger partial charge in [0.2, 0.25) is 0 Å². The van der Waals surface area contributed by atoms with Crippen LogP contribution in [0.2, 0.25) is 0 Å². The Morgan fingerprint density at radius 1 is 0.923 bits per heavy atom. The first-order valence-electron chi connectivity index (χ1n) is 7.77. The lowest BCUT2D eigenvalue weighted by Crippen LogP contribution is -2.41. The van der Waals surface area contributed by atoms with Crippen LogP contribution in [0.25, 0.3) is 0 Å². The summed E-state index contributed by atoms with van der Waals surface area (Å²) >= 11 is 5.29. The van der Waals surface area contributed by atoms with Crippen LogP contribution in [0.1, 0.15) is 11.3 Å². The second-order valence-corrected chi connectivity index (χ2v) is 5.70. The van der Waals surface area contributed by atoms with Gasteiger partial charge in [-0.3, -0.25) is 15.8 Å². The zero-order valence-electron chi connectivity index (χ0n) is 13.6. The molecule has 0 amide bonds. The first-order valence-corrected chi connectivity index (χ1v) is 8.18. The van der Waals surface area contributed by atoms with Crippen LogP contribution < -0.4 is 10.9 Å². The van der Waals surface area contributed by atoms with Gasteiger partial charge in [0.1, 0.15) is 22.2 Å². The van der Waals surface area contributed by atoms with Crippen molar-refractivity contribution in [3.05, 3.63) is 84.2 Å². The molecule has 0 spiro atoms. The highest BCUT2D eigenvalue weighted by atomic mass is 32.1. The Labute approximate surface area is 155 Å². The van der Waals surface area contributed by atoms with E-state index >= 15 is 0 Å². The molecule has 0 aliphatic heterocycles. The van der Waals surface area contributed by atoms with Gasteiger partial charge in [-0.1, -0.05) is 36.5 Å². The number of hydrogen-bond donors (Lipinski definition) is 4. The van der Waals surface area contributed by atoms with Crippen molar-refractivity contribution in [2.24, 2.45) is 4.99 Å². The summed E-state index contributed by atoms with van der Waals surface area (Å²) in [5.74, 6) is 0.308. The van der Waals surface area contributed by atoms with Crippen LogP contribution >= 0.6 is 12.2 Å². The molecule has 0 saturated heterocycles. The maximum atomic E-state index is 9.92. The van der Waals surface area contributed by atoms with Gasteiger partial charge in [0.05, 0.1) is 11.3 Å². The summed E-state index contributed by atoms with van der Waals surface area (Å²) in [5, 5.41) is 19.3. The maximum absolute atomic E-state index is 9.92. The molecule has 1 aromatic heterocycles. The number of rotatable bonds is 3. The van der Waals surface area contributed by atoms with Crippen molar-refractivity contribution in [1.82, 2.24) is 15.8 Å². The molecular formula is C19H16N4O2S. The number of thiocarbonyl (C=S) groups is 1. The number of nitrogens with one attached hydrogen (secondary N) is 2. The second kappa shape index (κ2) is 8.09. The quantitative estimate of drug-likeness (QED) is 0.247.